The normalized spacial score (nSPS) is 29.4. The monoisotopic (exact) mass is 278 g/mol. The molecule has 0 aliphatic carbocycles. The average molecular weight is 278 g/mol. The Kier molecular flexibility index (Phi) is 3.99. The van der Waals surface area contributed by atoms with Crippen LogP contribution < -0.4 is 0 Å². The van der Waals surface area contributed by atoms with Crippen LogP contribution >= 0.6 is 0 Å². The van der Waals surface area contributed by atoms with E-state index in [-0.39, 0.29) is 5.88 Å². The molecule has 2 aliphatic rings. The maximum Gasteiger partial charge on any atom is 0.392 e. The summed E-state index contributed by atoms with van der Waals surface area (Å²) in [5.74, 6) is -0.224. The van der Waals surface area contributed by atoms with Crippen LogP contribution in [-0.2, 0) is 0 Å². The minimum Gasteiger partial charge on any atom is -0.495 e. The lowest BCUT2D eigenvalue weighted by molar-refractivity contribution is -0.125. The average Bonchev–Trinajstić information content (AvgIpc) is 2.56. The Labute approximate surface area is 111 Å². The first-order chi connectivity index (χ1) is 8.78. The zero-order chi connectivity index (χ0) is 14.2. The van der Waals surface area contributed by atoms with Gasteiger partial charge < -0.3 is 10.0 Å². The molecule has 2 atom stereocenters. The van der Waals surface area contributed by atoms with Gasteiger partial charge in [0, 0.05) is 31.2 Å². The van der Waals surface area contributed by atoms with Crippen LogP contribution in [0.25, 0.3) is 0 Å². The number of alkyl halides is 3. The van der Waals surface area contributed by atoms with Gasteiger partial charge in [-0.2, -0.15) is 13.2 Å². The third kappa shape index (κ3) is 3.35. The highest BCUT2D eigenvalue weighted by Gasteiger charge is 2.41. The Morgan fingerprint density at radius 3 is 2.21 bits per heavy atom. The van der Waals surface area contributed by atoms with Crippen LogP contribution in [0.4, 0.5) is 13.2 Å². The highest BCUT2D eigenvalue weighted by Crippen LogP contribution is 2.33. The Hall–Kier alpha value is -0.910. The maximum atomic E-state index is 12.1. The van der Waals surface area contributed by atoms with Crippen molar-refractivity contribution in [2.45, 2.75) is 57.4 Å². The van der Waals surface area contributed by atoms with Crippen molar-refractivity contribution in [3.05, 3.63) is 12.0 Å². The smallest absolute Gasteiger partial charge is 0.392 e. The van der Waals surface area contributed by atoms with Crippen LogP contribution in [0.3, 0.4) is 0 Å². The molecule has 0 aromatic rings. The standard InChI is InChI=1S/C13H21F3N2O/c1-9(2)18-10-3-4-11(18)8-17(7-10)12(19)5-6-13(14,15)16/h5,9-11,19H,3-4,6-8H2,1-2H3/b12-5+. The van der Waals surface area contributed by atoms with Crippen molar-refractivity contribution in [1.82, 2.24) is 9.80 Å². The number of halogens is 3. The van der Waals surface area contributed by atoms with Crippen LogP contribution in [0, 0.1) is 0 Å². The topological polar surface area (TPSA) is 26.7 Å². The molecule has 0 aromatic heterocycles. The molecule has 2 aliphatic heterocycles. The van der Waals surface area contributed by atoms with Crippen molar-refractivity contribution in [3.8, 4) is 0 Å². The summed E-state index contributed by atoms with van der Waals surface area (Å²) in [6.07, 6.45) is -2.33. The lowest BCUT2D eigenvalue weighted by atomic mass is 10.1. The van der Waals surface area contributed by atoms with E-state index >= 15 is 0 Å². The fraction of sp³-hybridized carbons (Fsp3) is 0.846. The van der Waals surface area contributed by atoms with Gasteiger partial charge in [0.05, 0.1) is 6.42 Å². The Morgan fingerprint density at radius 1 is 1.26 bits per heavy atom. The second-order valence-electron chi connectivity index (χ2n) is 5.71. The molecule has 0 saturated carbocycles. The van der Waals surface area contributed by atoms with Gasteiger partial charge in [-0.25, -0.2) is 0 Å². The molecule has 110 valence electrons. The largest absolute Gasteiger partial charge is 0.495 e. The van der Waals surface area contributed by atoms with Gasteiger partial charge in [0.2, 0.25) is 0 Å². The van der Waals surface area contributed by atoms with Crippen molar-refractivity contribution in [2.24, 2.45) is 0 Å². The molecule has 2 rings (SSSR count). The van der Waals surface area contributed by atoms with E-state index in [0.717, 1.165) is 18.9 Å². The van der Waals surface area contributed by atoms with Crippen molar-refractivity contribution in [3.63, 3.8) is 0 Å². The summed E-state index contributed by atoms with van der Waals surface area (Å²) in [6, 6.07) is 1.14. The summed E-state index contributed by atoms with van der Waals surface area (Å²) >= 11 is 0. The molecule has 2 saturated heterocycles. The Morgan fingerprint density at radius 2 is 1.79 bits per heavy atom. The van der Waals surface area contributed by atoms with Crippen molar-refractivity contribution in [1.29, 1.82) is 0 Å². The van der Waals surface area contributed by atoms with E-state index in [1.807, 2.05) is 0 Å². The number of fused-ring (bicyclic) bond motifs is 2. The van der Waals surface area contributed by atoms with E-state index in [2.05, 4.69) is 18.7 Å². The Bertz CT molecular complexity index is 340. The van der Waals surface area contributed by atoms with Crippen LogP contribution in [-0.4, -0.2) is 52.3 Å². The number of rotatable bonds is 3. The number of piperazine rings is 1. The molecule has 0 spiro atoms. The number of hydrogen-bond acceptors (Lipinski definition) is 3. The summed E-state index contributed by atoms with van der Waals surface area (Å²) in [4.78, 5) is 4.11. The van der Waals surface area contributed by atoms with E-state index in [0.29, 0.717) is 31.2 Å². The predicted octanol–water partition coefficient (Wildman–Crippen LogP) is 2.90. The number of nitrogens with zero attached hydrogens (tertiary/aromatic N) is 2. The molecule has 0 radical (unpaired) electrons. The van der Waals surface area contributed by atoms with Gasteiger partial charge in [-0.05, 0) is 32.8 Å². The van der Waals surface area contributed by atoms with Crippen LogP contribution in [0.2, 0.25) is 0 Å². The van der Waals surface area contributed by atoms with E-state index in [1.165, 1.54) is 0 Å². The SMILES string of the molecule is CC(C)N1C2CCC1CN(/C(O)=C\CC(F)(F)F)C2. The Balaban J connectivity index is 1.99. The number of likely N-dealkylation sites (tertiary alicyclic amines) is 1. The van der Waals surface area contributed by atoms with E-state index < -0.39 is 12.6 Å². The van der Waals surface area contributed by atoms with Gasteiger partial charge in [0.25, 0.3) is 0 Å². The summed E-state index contributed by atoms with van der Waals surface area (Å²) < 4.78 is 36.4. The molecular weight excluding hydrogens is 257 g/mol. The number of hydrogen-bond donors (Lipinski definition) is 1. The first-order valence-corrected chi connectivity index (χ1v) is 6.76. The summed E-state index contributed by atoms with van der Waals surface area (Å²) in [5.41, 5.74) is 0. The zero-order valence-electron chi connectivity index (χ0n) is 11.3. The molecule has 2 heterocycles. The van der Waals surface area contributed by atoms with Gasteiger partial charge in [0.1, 0.15) is 0 Å². The molecule has 3 nitrogen and oxygen atoms in total. The van der Waals surface area contributed by atoms with Crippen LogP contribution in [0.5, 0.6) is 0 Å². The van der Waals surface area contributed by atoms with Gasteiger partial charge in [-0.1, -0.05) is 0 Å². The summed E-state index contributed by atoms with van der Waals surface area (Å²) in [6.45, 7) is 5.52. The second-order valence-corrected chi connectivity index (χ2v) is 5.71. The third-order valence-corrected chi connectivity index (χ3v) is 3.98. The fourth-order valence-corrected chi connectivity index (χ4v) is 3.30. The lowest BCUT2D eigenvalue weighted by Gasteiger charge is -2.43. The molecular formula is C13H21F3N2O. The molecule has 0 aromatic carbocycles. The minimum absolute atomic E-state index is 0.224. The minimum atomic E-state index is -4.26. The molecule has 2 unspecified atom stereocenters. The highest BCUT2D eigenvalue weighted by molar-refractivity contribution is 5.03. The molecule has 1 N–H and O–H groups in total. The predicted molar refractivity (Wildman–Crippen MR) is 66.7 cm³/mol. The van der Waals surface area contributed by atoms with Gasteiger partial charge >= 0.3 is 6.18 Å². The van der Waals surface area contributed by atoms with E-state index in [1.54, 1.807) is 4.90 Å². The maximum absolute atomic E-state index is 12.1. The van der Waals surface area contributed by atoms with Gasteiger partial charge in [-0.15, -0.1) is 0 Å². The third-order valence-electron chi connectivity index (χ3n) is 3.98. The molecule has 19 heavy (non-hydrogen) atoms. The quantitative estimate of drug-likeness (QED) is 0.804. The van der Waals surface area contributed by atoms with Crippen LogP contribution in [0.15, 0.2) is 12.0 Å². The number of allylic oxidation sites excluding steroid dienone is 1. The zero-order valence-corrected chi connectivity index (χ0v) is 11.3. The van der Waals surface area contributed by atoms with E-state index in [9.17, 15) is 18.3 Å². The first-order valence-electron chi connectivity index (χ1n) is 6.76. The van der Waals surface area contributed by atoms with Crippen molar-refractivity contribution < 1.29 is 18.3 Å². The number of aliphatic hydroxyl groups excluding tert-OH is 1. The molecule has 2 bridgehead atoms. The van der Waals surface area contributed by atoms with Gasteiger partial charge in [-0.3, -0.25) is 4.90 Å². The van der Waals surface area contributed by atoms with Crippen molar-refractivity contribution >= 4 is 0 Å². The van der Waals surface area contributed by atoms with E-state index in [4.69, 9.17) is 0 Å². The number of aliphatic hydroxyl groups is 1. The van der Waals surface area contributed by atoms with Crippen molar-refractivity contribution in [2.75, 3.05) is 13.1 Å². The fourth-order valence-electron chi connectivity index (χ4n) is 3.30. The summed E-state index contributed by atoms with van der Waals surface area (Å²) in [5, 5.41) is 9.79. The first kappa shape index (κ1) is 14.5. The van der Waals surface area contributed by atoms with Crippen LogP contribution in [0.1, 0.15) is 33.1 Å². The lowest BCUT2D eigenvalue weighted by Crippen LogP contribution is -2.55. The molecule has 6 heteroatoms. The molecule has 2 fully saturated rings. The highest BCUT2D eigenvalue weighted by atomic mass is 19.4. The molecule has 0 amide bonds. The second kappa shape index (κ2) is 5.23. The summed E-state index contributed by atoms with van der Waals surface area (Å²) in [7, 11) is 0. The van der Waals surface area contributed by atoms with Gasteiger partial charge in [0.15, 0.2) is 5.88 Å².